The Morgan fingerprint density at radius 3 is 2.25 bits per heavy atom. The van der Waals surface area contributed by atoms with Crippen molar-refractivity contribution < 1.29 is 35.9 Å². The molecule has 2 rings (SSSR count). The summed E-state index contributed by atoms with van der Waals surface area (Å²) >= 11 is 7.55. The summed E-state index contributed by atoms with van der Waals surface area (Å²) < 4.78 is 80.3. The SMILES string of the molecule is CCSc1nc(C(F)(F)F)c(C(=O)Nc2c(Br)cc(OC(F)(F)F)cc2Br)s1. The number of nitrogens with zero attached hydrogens (tertiary/aromatic N) is 1. The first-order valence-electron chi connectivity index (χ1n) is 7.08. The van der Waals surface area contributed by atoms with Crippen molar-refractivity contribution in [1.29, 1.82) is 0 Å². The molecule has 0 bridgehead atoms. The molecular weight excluding hydrogens is 566 g/mol. The lowest BCUT2D eigenvalue weighted by Gasteiger charge is -2.14. The molecule has 1 heterocycles. The fraction of sp³-hybridized carbons (Fsp3) is 0.286. The maximum atomic E-state index is 13.2. The quantitative estimate of drug-likeness (QED) is 0.311. The van der Waals surface area contributed by atoms with Crippen LogP contribution < -0.4 is 10.1 Å². The van der Waals surface area contributed by atoms with Gasteiger partial charge in [-0.1, -0.05) is 18.7 Å². The van der Waals surface area contributed by atoms with E-state index < -0.39 is 34.8 Å². The minimum atomic E-state index is -4.93. The standard InChI is InChI=1S/C14H8Br2F6N2O2S2/c1-2-27-12-24-10(13(17,18)19)9(28-12)11(25)23-8-6(15)3-5(4-7(8)16)26-14(20,21)22/h3-4H,2H2,1H3,(H,23,25). The van der Waals surface area contributed by atoms with E-state index in [-0.39, 0.29) is 19.0 Å². The van der Waals surface area contributed by atoms with E-state index in [1.807, 2.05) is 0 Å². The van der Waals surface area contributed by atoms with Gasteiger partial charge in [-0.3, -0.25) is 4.79 Å². The van der Waals surface area contributed by atoms with Gasteiger partial charge in [-0.25, -0.2) is 4.98 Å². The number of aromatic nitrogens is 1. The lowest BCUT2D eigenvalue weighted by molar-refractivity contribution is -0.274. The van der Waals surface area contributed by atoms with Crippen molar-refractivity contribution >= 4 is 66.6 Å². The number of carbonyl (C=O) groups is 1. The molecule has 1 aromatic carbocycles. The first kappa shape index (κ1) is 23.3. The van der Waals surface area contributed by atoms with E-state index in [2.05, 4.69) is 46.9 Å². The summed E-state index contributed by atoms with van der Waals surface area (Å²) in [5.74, 6) is -1.22. The number of alkyl halides is 6. The zero-order chi connectivity index (χ0) is 21.3. The molecule has 4 nitrogen and oxygen atoms in total. The van der Waals surface area contributed by atoms with Crippen molar-refractivity contribution in [3.05, 3.63) is 31.6 Å². The van der Waals surface area contributed by atoms with Gasteiger partial charge in [-0.05, 0) is 49.7 Å². The lowest BCUT2D eigenvalue weighted by atomic mass is 10.2. The highest BCUT2D eigenvalue weighted by molar-refractivity contribution is 9.11. The number of hydrogen-bond donors (Lipinski definition) is 1. The minimum Gasteiger partial charge on any atom is -0.406 e. The highest BCUT2D eigenvalue weighted by Crippen LogP contribution is 2.40. The highest BCUT2D eigenvalue weighted by Gasteiger charge is 2.40. The second-order valence-corrected chi connectivity index (χ2v) is 9.07. The molecule has 0 aliphatic rings. The van der Waals surface area contributed by atoms with Gasteiger partial charge >= 0.3 is 12.5 Å². The molecule has 14 heteroatoms. The Morgan fingerprint density at radius 1 is 1.21 bits per heavy atom. The van der Waals surface area contributed by atoms with Crippen molar-refractivity contribution in [2.45, 2.75) is 23.8 Å². The van der Waals surface area contributed by atoms with Gasteiger partial charge in [0.05, 0.1) is 5.69 Å². The molecule has 0 atom stereocenters. The first-order valence-corrected chi connectivity index (χ1v) is 10.5. The number of rotatable bonds is 5. The third kappa shape index (κ3) is 6.00. The molecule has 28 heavy (non-hydrogen) atoms. The van der Waals surface area contributed by atoms with Crippen LogP contribution >= 0.6 is 55.0 Å². The van der Waals surface area contributed by atoms with Crippen molar-refractivity contribution in [2.24, 2.45) is 0 Å². The predicted octanol–water partition coefficient (Wildman–Crippen LogP) is 6.95. The van der Waals surface area contributed by atoms with Gasteiger partial charge in [-0.15, -0.1) is 24.5 Å². The number of thioether (sulfide) groups is 1. The monoisotopic (exact) mass is 572 g/mol. The van der Waals surface area contributed by atoms with Gasteiger partial charge in [0, 0.05) is 8.95 Å². The molecule has 1 amide bonds. The first-order chi connectivity index (χ1) is 12.8. The van der Waals surface area contributed by atoms with Crippen LogP contribution in [0.3, 0.4) is 0 Å². The van der Waals surface area contributed by atoms with E-state index in [4.69, 9.17) is 0 Å². The normalized spacial score (nSPS) is 12.2. The Morgan fingerprint density at radius 2 is 1.79 bits per heavy atom. The van der Waals surface area contributed by atoms with Crippen molar-refractivity contribution in [1.82, 2.24) is 4.98 Å². The summed E-state index contributed by atoms with van der Waals surface area (Å²) in [6.45, 7) is 1.72. The smallest absolute Gasteiger partial charge is 0.406 e. The molecule has 2 aromatic rings. The van der Waals surface area contributed by atoms with Crippen molar-refractivity contribution in [3.8, 4) is 5.75 Å². The van der Waals surface area contributed by atoms with Gasteiger partial charge in [0.2, 0.25) is 0 Å². The zero-order valence-corrected chi connectivity index (χ0v) is 18.3. The third-order valence-corrected chi connectivity index (χ3v) is 6.17. The van der Waals surface area contributed by atoms with E-state index in [9.17, 15) is 31.1 Å². The molecule has 0 saturated heterocycles. The van der Waals surface area contributed by atoms with Gasteiger partial charge in [0.15, 0.2) is 10.0 Å². The number of hydrogen-bond acceptors (Lipinski definition) is 5. The van der Waals surface area contributed by atoms with Crippen LogP contribution in [0.1, 0.15) is 22.3 Å². The molecular formula is C14H8Br2F6N2O2S2. The topological polar surface area (TPSA) is 51.2 Å². The number of benzene rings is 1. The second kappa shape index (κ2) is 8.79. The van der Waals surface area contributed by atoms with Crippen LogP contribution in [0.15, 0.2) is 25.4 Å². The van der Waals surface area contributed by atoms with Crippen LogP contribution in [0.5, 0.6) is 5.75 Å². The molecule has 0 fully saturated rings. The maximum absolute atomic E-state index is 13.2. The summed E-state index contributed by atoms with van der Waals surface area (Å²) in [5.41, 5.74) is -1.39. The molecule has 0 spiro atoms. The molecule has 154 valence electrons. The fourth-order valence-electron chi connectivity index (χ4n) is 1.86. The largest absolute Gasteiger partial charge is 0.573 e. The van der Waals surface area contributed by atoms with Gasteiger partial charge in [0.1, 0.15) is 10.6 Å². The molecule has 0 saturated carbocycles. The molecule has 0 unspecified atom stereocenters. The second-order valence-electron chi connectivity index (χ2n) is 4.85. The van der Waals surface area contributed by atoms with Gasteiger partial charge in [-0.2, -0.15) is 13.2 Å². The predicted molar refractivity (Wildman–Crippen MR) is 100.0 cm³/mol. The van der Waals surface area contributed by atoms with Crippen LogP contribution in [0.25, 0.3) is 0 Å². The Bertz CT molecular complexity index is 863. The minimum absolute atomic E-state index is 0.0318. The molecule has 1 aromatic heterocycles. The third-order valence-electron chi connectivity index (χ3n) is 2.84. The zero-order valence-electron chi connectivity index (χ0n) is 13.5. The average molecular weight is 574 g/mol. The van der Waals surface area contributed by atoms with Crippen LogP contribution in [0, 0.1) is 0 Å². The summed E-state index contributed by atoms with van der Waals surface area (Å²) in [7, 11) is 0. The Labute approximate surface area is 179 Å². The Hall–Kier alpha value is -0.990. The fourth-order valence-corrected chi connectivity index (χ4v) is 5.16. The lowest BCUT2D eigenvalue weighted by Crippen LogP contribution is -2.18. The number of carbonyl (C=O) groups excluding carboxylic acids is 1. The number of anilines is 1. The molecule has 1 N–H and O–H groups in total. The number of ether oxygens (including phenoxy) is 1. The van der Waals surface area contributed by atoms with Crippen LogP contribution in [0.2, 0.25) is 0 Å². The average Bonchev–Trinajstić information content (AvgIpc) is 2.94. The number of amides is 1. The number of halogens is 8. The number of thiazole rings is 1. The van der Waals surface area contributed by atoms with Crippen molar-refractivity contribution in [3.63, 3.8) is 0 Å². The van der Waals surface area contributed by atoms with E-state index in [1.165, 1.54) is 0 Å². The Kier molecular flexibility index (Phi) is 7.32. The summed E-state index contributed by atoms with van der Waals surface area (Å²) in [6.07, 6.45) is -9.77. The summed E-state index contributed by atoms with van der Waals surface area (Å²) in [5, 5.41) is 2.24. The molecule has 0 aliphatic carbocycles. The summed E-state index contributed by atoms with van der Waals surface area (Å²) in [6, 6.07) is 1.84. The highest BCUT2D eigenvalue weighted by atomic mass is 79.9. The van der Waals surface area contributed by atoms with Crippen LogP contribution in [-0.4, -0.2) is 23.0 Å². The van der Waals surface area contributed by atoms with Gasteiger partial charge in [0.25, 0.3) is 5.91 Å². The maximum Gasteiger partial charge on any atom is 0.573 e. The van der Waals surface area contributed by atoms with Gasteiger partial charge < -0.3 is 10.1 Å². The van der Waals surface area contributed by atoms with Crippen LogP contribution in [0.4, 0.5) is 32.0 Å². The van der Waals surface area contributed by atoms with Crippen LogP contribution in [-0.2, 0) is 6.18 Å². The van der Waals surface area contributed by atoms with E-state index in [1.54, 1.807) is 6.92 Å². The number of nitrogens with one attached hydrogen (secondary N) is 1. The summed E-state index contributed by atoms with van der Waals surface area (Å²) in [4.78, 5) is 15.2. The van der Waals surface area contributed by atoms with E-state index in [0.717, 1.165) is 23.9 Å². The molecule has 0 aliphatic heterocycles. The van der Waals surface area contributed by atoms with E-state index in [0.29, 0.717) is 17.1 Å². The Balaban J connectivity index is 2.35. The van der Waals surface area contributed by atoms with E-state index >= 15 is 0 Å². The van der Waals surface area contributed by atoms with Crippen molar-refractivity contribution in [2.75, 3.05) is 11.1 Å². The molecule has 0 radical (unpaired) electrons.